The van der Waals surface area contributed by atoms with Gasteiger partial charge in [-0.05, 0) is 191 Å². The van der Waals surface area contributed by atoms with Crippen LogP contribution in [0.4, 0.5) is 0 Å². The average Bonchev–Trinajstić information content (AvgIpc) is 0.675. The fourth-order valence-corrected chi connectivity index (χ4v) is 16.0. The van der Waals surface area contributed by atoms with Crippen LogP contribution in [0.5, 0.6) is 46.0 Å². The average molecular weight is 1730 g/mol. The molecule has 8 aliphatic rings. The topological polar surface area (TPSA) is 296 Å². The second-order valence-corrected chi connectivity index (χ2v) is 31.7. The van der Waals surface area contributed by atoms with E-state index in [9.17, 15) is 20.5 Å². The van der Waals surface area contributed by atoms with Gasteiger partial charge in [-0.1, -0.05) is 110 Å². The first-order chi connectivity index (χ1) is 79.1. The van der Waals surface area contributed by atoms with E-state index in [2.05, 4.69) is 0 Å². The predicted molar refractivity (Wildman–Crippen MR) is 471 cm³/mol. The Morgan fingerprint density at radius 2 is 0.642 bits per heavy atom. The van der Waals surface area contributed by atoms with Crippen LogP contribution in [0, 0.1) is 70.9 Å². The van der Waals surface area contributed by atoms with Crippen molar-refractivity contribution >= 4 is 23.9 Å². The molecule has 12 rings (SSSR count). The molecule has 4 saturated heterocycles. The van der Waals surface area contributed by atoms with Crippen molar-refractivity contribution in [2.75, 3.05) is 109 Å². The number of carbonyl (C=O) groups excluding carboxylic acids is 4. The van der Waals surface area contributed by atoms with Gasteiger partial charge in [-0.25, -0.2) is 0 Å². The molecule has 8 aliphatic heterocycles. The van der Waals surface area contributed by atoms with Crippen LogP contribution in [0.15, 0.2) is 48.5 Å². The van der Waals surface area contributed by atoms with Crippen molar-refractivity contribution in [1.29, 1.82) is 0 Å². The number of aryl methyl sites for hydroxylation is 3. The Bertz CT molecular complexity index is 6360. The largest absolute Gasteiger partial charge is 0.493 e. The molecule has 0 aliphatic carbocycles. The van der Waals surface area contributed by atoms with E-state index in [0.29, 0.717) is 24.8 Å². The number of esters is 4. The molecular formula is C96H152N8O16. The summed E-state index contributed by atoms with van der Waals surface area (Å²) in [5.74, 6) is -27.0. The number of benzene rings is 4. The maximum Gasteiger partial charge on any atom is 0.323 e. The molecule has 0 saturated carbocycles. The number of methoxy groups -OCH3 is 8. The van der Waals surface area contributed by atoms with Gasteiger partial charge in [0.25, 0.3) is 0 Å². The van der Waals surface area contributed by atoms with Crippen LogP contribution < -0.4 is 60.8 Å². The minimum Gasteiger partial charge on any atom is -0.493 e. The molecule has 0 aromatic heterocycles. The molecule has 16 atom stereocenters. The van der Waals surface area contributed by atoms with Gasteiger partial charge in [0.1, 0.15) is 48.5 Å². The van der Waals surface area contributed by atoms with Crippen LogP contribution in [0.25, 0.3) is 0 Å². The summed E-state index contributed by atoms with van der Waals surface area (Å²) in [6.45, 7) is -26.8. The first kappa shape index (κ1) is 44.6. The second kappa shape index (κ2) is 43.9. The summed E-state index contributed by atoms with van der Waals surface area (Å²) < 4.78 is 528. The number of hydrogen-bond acceptors (Lipinski definition) is 24. The maximum atomic E-state index is 13.5. The standard InChI is InChI=1S/4C24H38N2O4/c4*1-14(2)9-17-13-26-8-7-16-10-21(28-5)22(29-6)11-18(16)19(26)12-20(17)30-24(27)23(25)15(3)4/h4*10-11,14-15,17,19-20,23H,7-9,12-13,25H2,1-6H3/t4*17?,19?,20?,23-/m0000/s1/i3D3,4D3,7D2,8D2,10D,11D,15D,20D,23D;2*3D3,4D3,5D3,7D2,8D2,15D,23D;3D3,4D3,7D2,8D2,15D,23D. The number of nitrogens with two attached hydrogens (primary N) is 4. The Morgan fingerprint density at radius 3 is 0.942 bits per heavy atom. The van der Waals surface area contributed by atoms with Crippen molar-refractivity contribution in [3.8, 4) is 46.0 Å². The molecule has 0 radical (unpaired) electrons. The normalized spacial score (nSPS) is 38.3. The van der Waals surface area contributed by atoms with Crippen molar-refractivity contribution in [2.24, 2.45) is 93.9 Å². The lowest BCUT2D eigenvalue weighted by atomic mass is 9.79. The van der Waals surface area contributed by atoms with Crippen molar-refractivity contribution in [3.63, 3.8) is 0 Å². The van der Waals surface area contributed by atoms with Crippen LogP contribution in [-0.4, -0.2) is 201 Å². The Balaban J connectivity index is 0.000000258. The molecule has 0 bridgehead atoms. The number of nitrogens with zero attached hydrogens (tertiary/aromatic N) is 4. The van der Waals surface area contributed by atoms with Crippen LogP contribution in [0.1, 0.15) is 308 Å². The highest BCUT2D eigenvalue weighted by Crippen LogP contribution is 2.50. The van der Waals surface area contributed by atoms with Crippen LogP contribution in [-0.2, 0) is 63.6 Å². The third kappa shape index (κ3) is 23.8. The lowest BCUT2D eigenvalue weighted by molar-refractivity contribution is -0.161. The summed E-state index contributed by atoms with van der Waals surface area (Å²) in [7, 11) is 1.67. The zero-order chi connectivity index (χ0) is 137. The van der Waals surface area contributed by atoms with Gasteiger partial charge in [0.05, 0.1) is 74.6 Å². The maximum absolute atomic E-state index is 13.5. The molecule has 24 nitrogen and oxygen atoms in total. The highest BCUT2D eigenvalue weighted by atomic mass is 16.6. The second-order valence-electron chi connectivity index (χ2n) is 31.7. The minimum atomic E-state index is -3.89. The van der Waals surface area contributed by atoms with E-state index < -0.39 is 295 Å². The smallest absolute Gasteiger partial charge is 0.323 e. The van der Waals surface area contributed by atoms with Crippen molar-refractivity contribution in [3.05, 3.63) is 93.0 Å². The quantitative estimate of drug-likeness (QED) is 0.0303. The minimum absolute atomic E-state index is 0.00225. The molecular weight excluding hydrogens is 1520 g/mol. The number of ether oxygens (including phenoxy) is 12. The fourth-order valence-electron chi connectivity index (χ4n) is 16.0. The molecule has 4 aromatic carbocycles. The first-order valence-electron chi connectivity index (χ1n) is 67.5. The lowest BCUT2D eigenvalue weighted by Gasteiger charge is -2.47. The highest BCUT2D eigenvalue weighted by Gasteiger charge is 2.47. The number of hydrogen-bond donors (Lipinski definition) is 4. The molecule has 4 fully saturated rings. The fraction of sp³-hybridized carbons (Fsp3) is 0.708. The van der Waals surface area contributed by atoms with E-state index in [1.807, 2.05) is 41.5 Å². The predicted octanol–water partition coefficient (Wildman–Crippen LogP) is 14.3. The van der Waals surface area contributed by atoms with Gasteiger partial charge in [-0.2, -0.15) is 0 Å². The molecule has 12 unspecified atom stereocenters. The van der Waals surface area contributed by atoms with Crippen molar-refractivity contribution < 1.29 is 154 Å². The molecule has 4 aromatic rings. The zero-order valence-corrected chi connectivity index (χ0v) is 69.7. The summed E-state index contributed by atoms with van der Waals surface area (Å²) in [6.07, 6.45) is -17.1. The summed E-state index contributed by atoms with van der Waals surface area (Å²) in [5.41, 5.74) is 22.4. The van der Waals surface area contributed by atoms with Gasteiger partial charge in [0.2, 0.25) is 0 Å². The van der Waals surface area contributed by atoms with E-state index in [4.69, 9.17) is 157 Å². The Hall–Kier alpha value is -7.16. The van der Waals surface area contributed by atoms with E-state index in [1.165, 1.54) is 74.5 Å². The van der Waals surface area contributed by atoms with Gasteiger partial charge in [-0.15, -0.1) is 0 Å². The van der Waals surface area contributed by atoms with Crippen molar-refractivity contribution in [1.82, 2.24) is 19.6 Å². The van der Waals surface area contributed by atoms with Gasteiger partial charge >= 0.3 is 23.9 Å². The summed E-state index contributed by atoms with van der Waals surface area (Å²) in [6, 6.07) is -12.3. The van der Waals surface area contributed by atoms with Crippen LogP contribution >= 0.6 is 0 Å². The first-order valence-corrected chi connectivity index (χ1v) is 39.0. The molecule has 24 heteroatoms. The lowest BCUT2D eigenvalue weighted by Crippen LogP contribution is -2.51. The van der Waals surface area contributed by atoms with Gasteiger partial charge in [-0.3, -0.25) is 38.8 Å². The Labute approximate surface area is 798 Å². The highest BCUT2D eigenvalue weighted by molar-refractivity contribution is 5.77. The van der Waals surface area contributed by atoms with Crippen molar-refractivity contribution in [2.45, 2.75) is 260 Å². The van der Waals surface area contributed by atoms with E-state index >= 15 is 0 Å². The Morgan fingerprint density at radius 1 is 0.375 bits per heavy atom. The monoisotopic (exact) mass is 1730 g/mol. The molecule has 0 amide bonds. The third-order valence-corrected chi connectivity index (χ3v) is 21.6. The number of rotatable bonds is 28. The molecule has 120 heavy (non-hydrogen) atoms. The van der Waals surface area contributed by atoms with Gasteiger partial charge in [0, 0.05) is 186 Å². The number of carbonyl (C=O) groups is 4. The SMILES string of the molecule is [2H]C([2H])([2H])C([2H])(C([2H])([2H])[2H])[C@]([2H])(N)C(=O)OC1CC2c3cc(OC)c(OC)cc3C([2H])([2H])C([2H])([2H])N2CC1CC(C)C.[2H]C([2H])([2H])Oc1cc2c(cc1OC)C1CC(OC(=O)[C@@]([2H])(N)C([2H])(C([2H])([2H])[2H])C([2H])([2H])[2H])C(CC(C)C)CN1C([2H])([2H])C2([2H])[2H].[2H]C([2H])([2H])Oc1cc2c(cc1OC)C1CC(OC(=O)[C@@]([2H])(N)C([2H])(C([2H])([2H])[2H])C([2H])([2H])[2H])C(CC(C)C)CN1C([2H])([2H])C2([2H])[2H].[2H]c1c(OC)c(OC)c([2H])c2c1C1CC([2H])(OC(=O)[C@@]([2H])(N)C([2H])(C([2H])([2H])[2H])C([2H])([2H])[2H])C(CC(C)C)CN1C([2H])([2H])C2([2H])[2H]. The van der Waals surface area contributed by atoms with E-state index in [0.717, 1.165) is 24.1 Å². The Kier molecular flexibility index (Phi) is 16.3. The van der Waals surface area contributed by atoms with Crippen LogP contribution in [0.2, 0.25) is 0 Å². The molecule has 672 valence electrons. The van der Waals surface area contributed by atoms with E-state index in [1.54, 1.807) is 13.8 Å². The summed E-state index contributed by atoms with van der Waals surface area (Å²) >= 11 is 0. The third-order valence-electron chi connectivity index (χ3n) is 21.6. The van der Waals surface area contributed by atoms with Gasteiger partial charge < -0.3 is 79.8 Å². The summed E-state index contributed by atoms with van der Waals surface area (Å²) in [5, 5.41) is 0. The zero-order valence-electron chi connectivity index (χ0n) is 127. The van der Waals surface area contributed by atoms with E-state index in [-0.39, 0.29) is 148 Å². The molecule has 0 spiro atoms. The molecule has 8 N–H and O–H groups in total. The number of piperidine rings is 4. The molecule has 8 heterocycles. The summed E-state index contributed by atoms with van der Waals surface area (Å²) in [4.78, 5) is 58.7. The van der Waals surface area contributed by atoms with Crippen LogP contribution in [0.3, 0.4) is 0 Å². The van der Waals surface area contributed by atoms with Gasteiger partial charge in [0.15, 0.2) is 46.0 Å². The number of fused-ring (bicyclic) bond motifs is 12.